The molecule has 1 aromatic heterocycles. The van der Waals surface area contributed by atoms with E-state index in [0.717, 1.165) is 18.6 Å². The van der Waals surface area contributed by atoms with Gasteiger partial charge in [-0.15, -0.1) is 0 Å². The zero-order valence-corrected chi connectivity index (χ0v) is 12.9. The number of benzene rings is 2. The Hall–Kier alpha value is -2.75. The molecule has 0 fully saturated rings. The van der Waals surface area contributed by atoms with Crippen molar-refractivity contribution in [2.24, 2.45) is 0 Å². The number of ether oxygens (including phenoxy) is 1. The Morgan fingerprint density at radius 2 is 1.87 bits per heavy atom. The molecular weight excluding hydrogens is 292 g/mol. The summed E-state index contributed by atoms with van der Waals surface area (Å²) >= 11 is 0. The van der Waals surface area contributed by atoms with Gasteiger partial charge in [0.05, 0.1) is 7.11 Å². The van der Waals surface area contributed by atoms with Crippen LogP contribution in [0.25, 0.3) is 11.0 Å². The van der Waals surface area contributed by atoms with Crippen molar-refractivity contribution in [1.29, 1.82) is 0 Å². The van der Waals surface area contributed by atoms with E-state index in [1.165, 1.54) is 17.7 Å². The van der Waals surface area contributed by atoms with Crippen molar-refractivity contribution in [3.63, 3.8) is 0 Å². The highest BCUT2D eigenvalue weighted by Gasteiger charge is 2.08. The second-order valence-corrected chi connectivity index (χ2v) is 5.43. The maximum absolute atomic E-state index is 12.1. The van der Waals surface area contributed by atoms with E-state index in [-0.39, 0.29) is 16.6 Å². The van der Waals surface area contributed by atoms with Crippen molar-refractivity contribution in [3.05, 3.63) is 70.1 Å². The maximum Gasteiger partial charge on any atom is 0.196 e. The Bertz CT molecular complexity index is 863. The summed E-state index contributed by atoms with van der Waals surface area (Å²) in [6, 6.07) is 14.3. The molecule has 0 amide bonds. The van der Waals surface area contributed by atoms with Gasteiger partial charge in [0.25, 0.3) is 0 Å². The van der Waals surface area contributed by atoms with E-state index in [1.54, 1.807) is 19.2 Å². The molecule has 0 aliphatic heterocycles. The van der Waals surface area contributed by atoms with Crippen LogP contribution in [0.2, 0.25) is 0 Å². The monoisotopic (exact) mass is 310 g/mol. The molecule has 0 atom stereocenters. The first-order valence-electron chi connectivity index (χ1n) is 7.55. The van der Waals surface area contributed by atoms with Crippen LogP contribution in [0.3, 0.4) is 0 Å². The number of rotatable bonds is 5. The molecule has 1 heterocycles. The van der Waals surface area contributed by atoms with Gasteiger partial charge in [-0.2, -0.15) is 0 Å². The molecule has 0 radical (unpaired) electrons. The van der Waals surface area contributed by atoms with Crippen LogP contribution < -0.4 is 10.2 Å². The highest BCUT2D eigenvalue weighted by Crippen LogP contribution is 2.22. The standard InChI is InChI=1S/C19H18O4/c1-22-14-10-8-13(9-11-14)4-2-5-15-12-17(21)19-16(20)6-3-7-18(19)23-15/h3,6-12,20H,2,4-5H2,1H3. The van der Waals surface area contributed by atoms with E-state index in [9.17, 15) is 9.90 Å². The zero-order valence-electron chi connectivity index (χ0n) is 12.9. The van der Waals surface area contributed by atoms with Crippen molar-refractivity contribution in [3.8, 4) is 11.5 Å². The fourth-order valence-corrected chi connectivity index (χ4v) is 2.62. The smallest absolute Gasteiger partial charge is 0.196 e. The Labute approximate surface area is 134 Å². The fraction of sp³-hybridized carbons (Fsp3) is 0.211. The molecule has 2 aromatic carbocycles. The van der Waals surface area contributed by atoms with Gasteiger partial charge in [-0.3, -0.25) is 4.79 Å². The van der Waals surface area contributed by atoms with Crippen LogP contribution in [0.4, 0.5) is 0 Å². The number of hydrogen-bond donors (Lipinski definition) is 1. The average molecular weight is 310 g/mol. The van der Waals surface area contributed by atoms with Crippen LogP contribution >= 0.6 is 0 Å². The molecular formula is C19H18O4. The van der Waals surface area contributed by atoms with Gasteiger partial charge in [0, 0.05) is 12.5 Å². The topological polar surface area (TPSA) is 59.7 Å². The van der Waals surface area contributed by atoms with Crippen LogP contribution in [0.1, 0.15) is 17.7 Å². The number of aryl methyl sites for hydroxylation is 2. The van der Waals surface area contributed by atoms with E-state index < -0.39 is 0 Å². The molecule has 0 unspecified atom stereocenters. The summed E-state index contributed by atoms with van der Waals surface area (Å²) in [5.41, 5.74) is 1.44. The Morgan fingerprint density at radius 3 is 2.61 bits per heavy atom. The average Bonchev–Trinajstić information content (AvgIpc) is 2.55. The first-order chi connectivity index (χ1) is 11.2. The van der Waals surface area contributed by atoms with Gasteiger partial charge >= 0.3 is 0 Å². The highest BCUT2D eigenvalue weighted by molar-refractivity contribution is 5.82. The number of hydrogen-bond acceptors (Lipinski definition) is 4. The lowest BCUT2D eigenvalue weighted by Crippen LogP contribution is -2.03. The van der Waals surface area contributed by atoms with Gasteiger partial charge in [-0.1, -0.05) is 18.2 Å². The SMILES string of the molecule is COc1ccc(CCCc2cc(=O)c3c(O)cccc3o2)cc1. The third kappa shape index (κ3) is 3.37. The number of phenols is 1. The largest absolute Gasteiger partial charge is 0.507 e. The van der Waals surface area contributed by atoms with Crippen LogP contribution in [0, 0.1) is 0 Å². The second kappa shape index (κ2) is 6.57. The summed E-state index contributed by atoms with van der Waals surface area (Å²) in [6.45, 7) is 0. The van der Waals surface area contributed by atoms with Crippen LogP contribution in [-0.4, -0.2) is 12.2 Å². The lowest BCUT2D eigenvalue weighted by Gasteiger charge is -2.05. The third-order valence-corrected chi connectivity index (χ3v) is 3.83. The minimum Gasteiger partial charge on any atom is -0.507 e. The summed E-state index contributed by atoms with van der Waals surface area (Å²) < 4.78 is 10.9. The third-order valence-electron chi connectivity index (χ3n) is 3.83. The maximum atomic E-state index is 12.1. The minimum atomic E-state index is -0.205. The van der Waals surface area contributed by atoms with E-state index in [4.69, 9.17) is 9.15 Å². The lowest BCUT2D eigenvalue weighted by molar-refractivity contribution is 0.414. The van der Waals surface area contributed by atoms with Gasteiger partial charge in [0.2, 0.25) is 0 Å². The van der Waals surface area contributed by atoms with E-state index in [2.05, 4.69) is 0 Å². The predicted octanol–water partition coefficient (Wildman–Crippen LogP) is 3.68. The summed E-state index contributed by atoms with van der Waals surface area (Å²) in [5.74, 6) is 1.44. The summed E-state index contributed by atoms with van der Waals surface area (Å²) in [4.78, 5) is 12.1. The number of aromatic hydroxyl groups is 1. The summed E-state index contributed by atoms with van der Waals surface area (Å²) in [7, 11) is 1.65. The van der Waals surface area contributed by atoms with Crippen LogP contribution in [0.15, 0.2) is 57.7 Å². The van der Waals surface area contributed by atoms with Gasteiger partial charge in [-0.25, -0.2) is 0 Å². The van der Waals surface area contributed by atoms with Gasteiger partial charge in [-0.05, 0) is 42.7 Å². The Kier molecular flexibility index (Phi) is 4.33. The molecule has 0 saturated carbocycles. The molecule has 118 valence electrons. The molecule has 0 saturated heterocycles. The molecule has 3 rings (SSSR count). The molecule has 0 spiro atoms. The van der Waals surface area contributed by atoms with E-state index in [1.807, 2.05) is 24.3 Å². The zero-order chi connectivity index (χ0) is 16.2. The Morgan fingerprint density at radius 1 is 1.09 bits per heavy atom. The number of methoxy groups -OCH3 is 1. The fourth-order valence-electron chi connectivity index (χ4n) is 2.62. The molecule has 23 heavy (non-hydrogen) atoms. The van der Waals surface area contributed by atoms with Gasteiger partial charge < -0.3 is 14.3 Å². The Balaban J connectivity index is 1.70. The molecule has 1 N–H and O–H groups in total. The first-order valence-corrected chi connectivity index (χ1v) is 7.55. The number of fused-ring (bicyclic) bond motifs is 1. The van der Waals surface area contributed by atoms with E-state index >= 15 is 0 Å². The predicted molar refractivity (Wildman–Crippen MR) is 89.2 cm³/mol. The number of phenolic OH excluding ortho intramolecular Hbond substituents is 1. The van der Waals surface area contributed by atoms with Gasteiger partial charge in [0.15, 0.2) is 5.43 Å². The molecule has 0 aliphatic rings. The molecule has 0 bridgehead atoms. The van der Waals surface area contributed by atoms with Gasteiger partial charge in [0.1, 0.15) is 28.2 Å². The molecule has 3 aromatic rings. The van der Waals surface area contributed by atoms with E-state index in [0.29, 0.717) is 17.8 Å². The normalized spacial score (nSPS) is 10.8. The summed E-state index contributed by atoms with van der Waals surface area (Å²) in [5, 5.41) is 9.98. The summed E-state index contributed by atoms with van der Waals surface area (Å²) in [6.07, 6.45) is 2.44. The molecule has 0 aliphatic carbocycles. The second-order valence-electron chi connectivity index (χ2n) is 5.43. The van der Waals surface area contributed by atoms with Crippen molar-refractivity contribution < 1.29 is 14.3 Å². The molecule has 4 heteroatoms. The molecule has 4 nitrogen and oxygen atoms in total. The minimum absolute atomic E-state index is 0.0407. The van der Waals surface area contributed by atoms with Crippen molar-refractivity contribution >= 4 is 11.0 Å². The van der Waals surface area contributed by atoms with Crippen molar-refractivity contribution in [1.82, 2.24) is 0 Å². The van der Waals surface area contributed by atoms with Crippen LogP contribution in [-0.2, 0) is 12.8 Å². The van der Waals surface area contributed by atoms with Crippen molar-refractivity contribution in [2.45, 2.75) is 19.3 Å². The van der Waals surface area contributed by atoms with Crippen molar-refractivity contribution in [2.75, 3.05) is 7.11 Å². The highest BCUT2D eigenvalue weighted by atomic mass is 16.5. The lowest BCUT2D eigenvalue weighted by atomic mass is 10.1. The first kappa shape index (κ1) is 15.2. The quantitative estimate of drug-likeness (QED) is 0.781. The van der Waals surface area contributed by atoms with Crippen LogP contribution in [0.5, 0.6) is 11.5 Å².